The van der Waals surface area contributed by atoms with Gasteiger partial charge in [0, 0.05) is 18.2 Å². The molecule has 0 radical (unpaired) electrons. The number of aliphatic carboxylic acids is 1. The first-order valence-corrected chi connectivity index (χ1v) is 6.58. The van der Waals surface area contributed by atoms with Crippen LogP contribution < -0.4 is 0 Å². The number of rotatable bonds is 5. The molecule has 102 valence electrons. The lowest BCUT2D eigenvalue weighted by atomic mass is 10.1. The lowest BCUT2D eigenvalue weighted by Crippen LogP contribution is -2.07. The zero-order valence-corrected chi connectivity index (χ0v) is 11.6. The van der Waals surface area contributed by atoms with E-state index in [9.17, 15) is 4.79 Å². The molecule has 1 heterocycles. The number of carboxylic acids is 1. The zero-order chi connectivity index (χ0) is 14.0. The van der Waals surface area contributed by atoms with E-state index in [1.807, 2.05) is 6.07 Å². The molecule has 0 atom stereocenters. The summed E-state index contributed by atoms with van der Waals surface area (Å²) in [6, 6.07) is 3.52. The second-order valence-electron chi connectivity index (χ2n) is 4.26. The minimum Gasteiger partial charge on any atom is -0.480 e. The summed E-state index contributed by atoms with van der Waals surface area (Å²) in [4.78, 5) is 10.9. The molecule has 0 aliphatic heterocycles. The van der Waals surface area contributed by atoms with E-state index in [0.29, 0.717) is 28.4 Å². The van der Waals surface area contributed by atoms with Crippen LogP contribution in [0.2, 0.25) is 10.0 Å². The van der Waals surface area contributed by atoms with Gasteiger partial charge in [0.05, 0.1) is 15.6 Å². The van der Waals surface area contributed by atoms with Crippen LogP contribution in [0, 0.1) is 0 Å². The third kappa shape index (κ3) is 2.86. The van der Waals surface area contributed by atoms with Gasteiger partial charge in [-0.15, -0.1) is 0 Å². The molecule has 1 aromatic carbocycles. The monoisotopic (exact) mass is 301 g/mol. The molecule has 0 saturated heterocycles. The van der Waals surface area contributed by atoms with Gasteiger partial charge >= 0.3 is 5.97 Å². The summed E-state index contributed by atoms with van der Waals surface area (Å²) in [6.07, 6.45) is 3.04. The predicted octanol–water partition coefficient (Wildman–Crippen LogP) is 2.96. The maximum absolute atomic E-state index is 10.9. The first-order valence-electron chi connectivity index (χ1n) is 5.83. The van der Waals surface area contributed by atoms with Crippen LogP contribution in [0.5, 0.6) is 0 Å². The Kier molecular flexibility index (Phi) is 4.34. The van der Waals surface area contributed by atoms with Gasteiger partial charge in [-0.2, -0.15) is 0 Å². The maximum Gasteiger partial charge on any atom is 0.323 e. The molecular formula is C13H13Cl2NO3. The number of aliphatic hydroxyl groups is 1. The van der Waals surface area contributed by atoms with Crippen molar-refractivity contribution in [1.82, 2.24) is 4.57 Å². The Hall–Kier alpha value is -1.23. The Morgan fingerprint density at radius 2 is 2.05 bits per heavy atom. The number of nitrogens with zero attached hydrogens (tertiary/aromatic N) is 1. The smallest absolute Gasteiger partial charge is 0.323 e. The summed E-state index contributed by atoms with van der Waals surface area (Å²) < 4.78 is 1.58. The molecule has 4 nitrogen and oxygen atoms in total. The van der Waals surface area contributed by atoms with Crippen molar-refractivity contribution in [1.29, 1.82) is 0 Å². The summed E-state index contributed by atoms with van der Waals surface area (Å²) in [5, 5.41) is 19.5. The highest BCUT2D eigenvalue weighted by Gasteiger charge is 2.15. The highest BCUT2D eigenvalue weighted by molar-refractivity contribution is 6.45. The highest BCUT2D eigenvalue weighted by Crippen LogP contribution is 2.34. The molecule has 6 heteroatoms. The number of hydrogen-bond acceptors (Lipinski definition) is 2. The lowest BCUT2D eigenvalue weighted by molar-refractivity contribution is -0.137. The molecular weight excluding hydrogens is 289 g/mol. The fourth-order valence-corrected chi connectivity index (χ4v) is 2.57. The van der Waals surface area contributed by atoms with E-state index in [1.54, 1.807) is 16.8 Å². The maximum atomic E-state index is 10.9. The standard InChI is InChI=1S/C13H13Cl2NO3/c14-10-4-3-9-8(2-1-5-17)6-16(7-11(18)19)13(9)12(10)15/h3-4,6,17H,1-2,5,7H2,(H,18,19). The topological polar surface area (TPSA) is 62.5 Å². The number of aryl methyl sites for hydroxylation is 1. The number of carboxylic acid groups (broad SMARTS) is 1. The molecule has 0 aliphatic carbocycles. The van der Waals surface area contributed by atoms with Gasteiger partial charge in [0.25, 0.3) is 0 Å². The Morgan fingerprint density at radius 1 is 1.32 bits per heavy atom. The van der Waals surface area contributed by atoms with Crippen LogP contribution in [0.15, 0.2) is 18.3 Å². The Balaban J connectivity index is 2.59. The van der Waals surface area contributed by atoms with Gasteiger partial charge in [0.15, 0.2) is 0 Å². The number of aliphatic hydroxyl groups excluding tert-OH is 1. The van der Waals surface area contributed by atoms with E-state index in [4.69, 9.17) is 33.4 Å². The molecule has 19 heavy (non-hydrogen) atoms. The largest absolute Gasteiger partial charge is 0.480 e. The average Bonchev–Trinajstić information content (AvgIpc) is 2.69. The van der Waals surface area contributed by atoms with E-state index in [2.05, 4.69) is 0 Å². The van der Waals surface area contributed by atoms with Crippen LogP contribution in [0.1, 0.15) is 12.0 Å². The lowest BCUT2D eigenvalue weighted by Gasteiger charge is -2.04. The molecule has 0 spiro atoms. The molecule has 0 unspecified atom stereocenters. The van der Waals surface area contributed by atoms with Gasteiger partial charge in [-0.25, -0.2) is 0 Å². The zero-order valence-electron chi connectivity index (χ0n) is 10.1. The molecule has 0 fully saturated rings. The summed E-state index contributed by atoms with van der Waals surface area (Å²) >= 11 is 12.1. The van der Waals surface area contributed by atoms with E-state index in [1.165, 1.54) is 0 Å². The second kappa shape index (κ2) is 5.82. The first kappa shape index (κ1) is 14.2. The van der Waals surface area contributed by atoms with Crippen LogP contribution in [-0.2, 0) is 17.8 Å². The van der Waals surface area contributed by atoms with Crippen LogP contribution in [0.25, 0.3) is 10.9 Å². The molecule has 0 bridgehead atoms. The molecule has 2 rings (SSSR count). The van der Waals surface area contributed by atoms with Crippen molar-refractivity contribution in [2.24, 2.45) is 0 Å². The van der Waals surface area contributed by atoms with Crippen molar-refractivity contribution < 1.29 is 15.0 Å². The van der Waals surface area contributed by atoms with Crippen molar-refractivity contribution in [2.75, 3.05) is 6.61 Å². The van der Waals surface area contributed by atoms with Crippen LogP contribution >= 0.6 is 23.2 Å². The molecule has 0 saturated carbocycles. The van der Waals surface area contributed by atoms with Gasteiger partial charge in [0.1, 0.15) is 6.54 Å². The van der Waals surface area contributed by atoms with Gasteiger partial charge < -0.3 is 14.8 Å². The van der Waals surface area contributed by atoms with Crippen LogP contribution in [-0.4, -0.2) is 27.4 Å². The third-order valence-corrected chi connectivity index (χ3v) is 3.72. The summed E-state index contributed by atoms with van der Waals surface area (Å²) in [5.41, 5.74) is 1.59. The van der Waals surface area contributed by atoms with Crippen LogP contribution in [0.4, 0.5) is 0 Å². The number of aromatic nitrogens is 1. The normalized spacial score (nSPS) is 11.1. The number of benzene rings is 1. The van der Waals surface area contributed by atoms with Crippen molar-refractivity contribution >= 4 is 40.1 Å². The fourth-order valence-electron chi connectivity index (χ4n) is 2.14. The van der Waals surface area contributed by atoms with Gasteiger partial charge in [-0.05, 0) is 24.5 Å². The van der Waals surface area contributed by atoms with Crippen molar-refractivity contribution in [2.45, 2.75) is 19.4 Å². The fraction of sp³-hybridized carbons (Fsp3) is 0.308. The minimum absolute atomic E-state index is 0.0902. The molecule has 1 aromatic heterocycles. The van der Waals surface area contributed by atoms with E-state index in [0.717, 1.165) is 10.9 Å². The average molecular weight is 302 g/mol. The quantitative estimate of drug-likeness (QED) is 0.892. The SMILES string of the molecule is O=C(O)Cn1cc(CCCO)c2ccc(Cl)c(Cl)c21. The summed E-state index contributed by atoms with van der Waals surface area (Å²) in [7, 11) is 0. The van der Waals surface area contributed by atoms with E-state index < -0.39 is 5.97 Å². The van der Waals surface area contributed by atoms with Crippen molar-refractivity contribution in [3.63, 3.8) is 0 Å². The van der Waals surface area contributed by atoms with E-state index in [-0.39, 0.29) is 13.2 Å². The van der Waals surface area contributed by atoms with Crippen LogP contribution in [0.3, 0.4) is 0 Å². The first-order chi connectivity index (χ1) is 9.04. The molecule has 0 amide bonds. The minimum atomic E-state index is -0.943. The van der Waals surface area contributed by atoms with Crippen molar-refractivity contribution in [3.8, 4) is 0 Å². The number of halogens is 2. The summed E-state index contributed by atoms with van der Waals surface area (Å²) in [6.45, 7) is -0.0807. The molecule has 2 aromatic rings. The number of fused-ring (bicyclic) bond motifs is 1. The number of hydrogen-bond donors (Lipinski definition) is 2. The number of carbonyl (C=O) groups is 1. The Morgan fingerprint density at radius 3 is 2.68 bits per heavy atom. The second-order valence-corrected chi connectivity index (χ2v) is 5.05. The van der Waals surface area contributed by atoms with Gasteiger partial charge in [-0.3, -0.25) is 4.79 Å². The Labute approximate surface area is 120 Å². The van der Waals surface area contributed by atoms with Gasteiger partial charge in [-0.1, -0.05) is 29.3 Å². The summed E-state index contributed by atoms with van der Waals surface area (Å²) in [5.74, 6) is -0.943. The molecule has 0 aliphatic rings. The molecule has 2 N–H and O–H groups in total. The van der Waals surface area contributed by atoms with Gasteiger partial charge in [0.2, 0.25) is 0 Å². The van der Waals surface area contributed by atoms with Crippen molar-refractivity contribution in [3.05, 3.63) is 33.9 Å². The third-order valence-electron chi connectivity index (χ3n) is 2.92. The van der Waals surface area contributed by atoms with E-state index >= 15 is 0 Å². The predicted molar refractivity (Wildman–Crippen MR) is 75.0 cm³/mol. The Bertz CT molecular complexity index is 622. The highest BCUT2D eigenvalue weighted by atomic mass is 35.5.